The molecule has 0 aliphatic carbocycles. The van der Waals surface area contributed by atoms with Crippen molar-refractivity contribution in [3.8, 4) is 0 Å². The van der Waals surface area contributed by atoms with E-state index in [0.29, 0.717) is 25.1 Å². The number of thioether (sulfide) groups is 1. The number of rotatable bonds is 9. The van der Waals surface area contributed by atoms with E-state index in [4.69, 9.17) is 0 Å². The molecule has 0 unspecified atom stereocenters. The summed E-state index contributed by atoms with van der Waals surface area (Å²) in [6, 6.07) is 4.31. The smallest absolute Gasteiger partial charge is 0.416 e. The maximum atomic E-state index is 12.6. The zero-order valence-electron chi connectivity index (χ0n) is 14.2. The lowest BCUT2D eigenvalue weighted by Crippen LogP contribution is -2.36. The maximum absolute atomic E-state index is 12.6. The standard InChI is InChI=1S/C17H20F3N3O2S/c1-26-7-6-15(16(24)25)21-8-13-9-22-23(11-13)10-12-2-4-14(5-3-12)17(18,19)20/h2-5,9,11,15,21H,6-8,10H2,1H3,(H,24,25)/t15-/m1/s1. The number of carboxylic acid groups (broad SMARTS) is 1. The second-order valence-electron chi connectivity index (χ2n) is 5.79. The molecule has 1 aromatic heterocycles. The van der Waals surface area contributed by atoms with Crippen molar-refractivity contribution in [3.63, 3.8) is 0 Å². The molecule has 0 amide bonds. The normalized spacial score (nSPS) is 12.9. The van der Waals surface area contributed by atoms with E-state index in [-0.39, 0.29) is 0 Å². The Morgan fingerprint density at radius 2 is 2.00 bits per heavy atom. The number of hydrogen-bond donors (Lipinski definition) is 2. The second-order valence-corrected chi connectivity index (χ2v) is 6.78. The van der Waals surface area contributed by atoms with Crippen molar-refractivity contribution in [2.45, 2.75) is 31.7 Å². The van der Waals surface area contributed by atoms with Crippen molar-refractivity contribution in [1.82, 2.24) is 15.1 Å². The van der Waals surface area contributed by atoms with Gasteiger partial charge in [0, 0.05) is 18.3 Å². The average Bonchev–Trinajstić information content (AvgIpc) is 3.01. The van der Waals surface area contributed by atoms with Gasteiger partial charge in [0.05, 0.1) is 18.3 Å². The molecular weight excluding hydrogens is 367 g/mol. The number of benzene rings is 1. The largest absolute Gasteiger partial charge is 0.480 e. The molecule has 2 rings (SSSR count). The zero-order valence-corrected chi connectivity index (χ0v) is 15.0. The van der Waals surface area contributed by atoms with Crippen molar-refractivity contribution in [2.24, 2.45) is 0 Å². The molecule has 5 nitrogen and oxygen atoms in total. The Hall–Kier alpha value is -2.00. The Labute approximate surface area is 153 Å². The van der Waals surface area contributed by atoms with Gasteiger partial charge in [-0.1, -0.05) is 12.1 Å². The van der Waals surface area contributed by atoms with Crippen LogP contribution in [0.3, 0.4) is 0 Å². The van der Waals surface area contributed by atoms with Crippen LogP contribution in [0.2, 0.25) is 0 Å². The Morgan fingerprint density at radius 1 is 1.31 bits per heavy atom. The summed E-state index contributed by atoms with van der Waals surface area (Å²) in [4.78, 5) is 11.2. The molecule has 2 aromatic rings. The Morgan fingerprint density at radius 3 is 2.58 bits per heavy atom. The number of halogens is 3. The van der Waals surface area contributed by atoms with E-state index < -0.39 is 23.8 Å². The zero-order chi connectivity index (χ0) is 19.2. The molecule has 9 heteroatoms. The summed E-state index contributed by atoms with van der Waals surface area (Å²) >= 11 is 1.59. The highest BCUT2D eigenvalue weighted by atomic mass is 32.2. The quantitative estimate of drug-likeness (QED) is 0.691. The molecule has 0 aliphatic rings. The van der Waals surface area contributed by atoms with Gasteiger partial charge in [-0.15, -0.1) is 0 Å². The Bertz CT molecular complexity index is 717. The molecule has 1 heterocycles. The second kappa shape index (κ2) is 9.09. The Balaban J connectivity index is 1.92. The number of nitrogens with one attached hydrogen (secondary N) is 1. The van der Waals surface area contributed by atoms with Crippen molar-refractivity contribution in [1.29, 1.82) is 0 Å². The van der Waals surface area contributed by atoms with Crippen LogP contribution in [0.15, 0.2) is 36.7 Å². The van der Waals surface area contributed by atoms with Crippen molar-refractivity contribution in [3.05, 3.63) is 53.3 Å². The van der Waals surface area contributed by atoms with Crippen LogP contribution in [-0.4, -0.2) is 38.9 Å². The molecule has 0 saturated carbocycles. The van der Waals surface area contributed by atoms with Crippen LogP contribution < -0.4 is 5.32 Å². The number of hydrogen-bond acceptors (Lipinski definition) is 4. The topological polar surface area (TPSA) is 67.2 Å². The lowest BCUT2D eigenvalue weighted by molar-refractivity contribution is -0.139. The summed E-state index contributed by atoms with van der Waals surface area (Å²) in [5.41, 5.74) is 0.827. The summed E-state index contributed by atoms with van der Waals surface area (Å²) in [5.74, 6) is -0.145. The fourth-order valence-electron chi connectivity index (χ4n) is 2.36. The molecule has 1 aromatic carbocycles. The van der Waals surface area contributed by atoms with E-state index in [0.717, 1.165) is 23.4 Å². The van der Waals surface area contributed by atoms with Crippen LogP contribution in [-0.2, 0) is 24.1 Å². The first kappa shape index (κ1) is 20.3. The van der Waals surface area contributed by atoms with Gasteiger partial charge in [0.15, 0.2) is 0 Å². The number of alkyl halides is 3. The number of carboxylic acids is 1. The number of aliphatic carboxylic acids is 1. The molecule has 0 spiro atoms. The van der Waals surface area contributed by atoms with E-state index in [1.165, 1.54) is 12.1 Å². The van der Waals surface area contributed by atoms with E-state index >= 15 is 0 Å². The van der Waals surface area contributed by atoms with Gasteiger partial charge in [0.25, 0.3) is 0 Å². The summed E-state index contributed by atoms with van der Waals surface area (Å²) in [5, 5.41) is 16.3. The lowest BCUT2D eigenvalue weighted by Gasteiger charge is -2.12. The molecule has 0 aliphatic heterocycles. The van der Waals surface area contributed by atoms with Crippen molar-refractivity contribution < 1.29 is 23.1 Å². The summed E-state index contributed by atoms with van der Waals surface area (Å²) in [6.45, 7) is 0.700. The fourth-order valence-corrected chi connectivity index (χ4v) is 2.83. The molecule has 142 valence electrons. The highest BCUT2D eigenvalue weighted by molar-refractivity contribution is 7.98. The molecule has 1 atom stereocenters. The van der Waals surface area contributed by atoms with Crippen LogP contribution in [0.25, 0.3) is 0 Å². The minimum absolute atomic E-state index is 0.340. The monoisotopic (exact) mass is 387 g/mol. The number of aromatic nitrogens is 2. The number of nitrogens with zero attached hydrogens (tertiary/aromatic N) is 2. The maximum Gasteiger partial charge on any atom is 0.416 e. The molecule has 26 heavy (non-hydrogen) atoms. The third kappa shape index (κ3) is 6.06. The Kier molecular flexibility index (Phi) is 7.10. The summed E-state index contributed by atoms with van der Waals surface area (Å²) in [6.07, 6.45) is 1.46. The van der Waals surface area contributed by atoms with Crippen LogP contribution in [0.5, 0.6) is 0 Å². The highest BCUT2D eigenvalue weighted by Gasteiger charge is 2.29. The number of carbonyl (C=O) groups is 1. The van der Waals surface area contributed by atoms with Crippen molar-refractivity contribution >= 4 is 17.7 Å². The summed E-state index contributed by atoms with van der Waals surface area (Å²) in [7, 11) is 0. The molecule has 0 radical (unpaired) electrons. The molecule has 0 bridgehead atoms. The fraction of sp³-hybridized carbons (Fsp3) is 0.412. The van der Waals surface area contributed by atoms with Crippen LogP contribution in [0.4, 0.5) is 13.2 Å². The first-order chi connectivity index (χ1) is 12.3. The van der Waals surface area contributed by atoms with Gasteiger partial charge >= 0.3 is 12.1 Å². The minimum atomic E-state index is -4.35. The van der Waals surface area contributed by atoms with E-state index in [1.54, 1.807) is 28.8 Å². The van der Waals surface area contributed by atoms with Gasteiger partial charge in [-0.25, -0.2) is 0 Å². The van der Waals surface area contributed by atoms with E-state index in [9.17, 15) is 23.1 Å². The van der Waals surface area contributed by atoms with Gasteiger partial charge in [-0.3, -0.25) is 9.48 Å². The highest BCUT2D eigenvalue weighted by Crippen LogP contribution is 2.29. The molecule has 0 saturated heterocycles. The van der Waals surface area contributed by atoms with E-state index in [1.807, 2.05) is 6.26 Å². The van der Waals surface area contributed by atoms with Crippen molar-refractivity contribution in [2.75, 3.05) is 12.0 Å². The summed E-state index contributed by atoms with van der Waals surface area (Å²) < 4.78 is 39.3. The van der Waals surface area contributed by atoms with Crippen LogP contribution >= 0.6 is 11.8 Å². The van der Waals surface area contributed by atoms with Gasteiger partial charge in [0.1, 0.15) is 6.04 Å². The molecular formula is C17H20F3N3O2S. The van der Waals surface area contributed by atoms with Gasteiger partial charge in [-0.05, 0) is 36.1 Å². The third-order valence-corrected chi connectivity index (χ3v) is 4.42. The first-order valence-electron chi connectivity index (χ1n) is 7.92. The minimum Gasteiger partial charge on any atom is -0.480 e. The molecule has 0 fully saturated rings. The third-order valence-electron chi connectivity index (χ3n) is 3.77. The van der Waals surface area contributed by atoms with Gasteiger partial charge in [-0.2, -0.15) is 30.0 Å². The predicted molar refractivity (Wildman–Crippen MR) is 94.0 cm³/mol. The van der Waals surface area contributed by atoms with Crippen LogP contribution in [0.1, 0.15) is 23.1 Å². The first-order valence-corrected chi connectivity index (χ1v) is 9.31. The van der Waals surface area contributed by atoms with Crippen LogP contribution in [0, 0.1) is 0 Å². The molecule has 2 N–H and O–H groups in total. The average molecular weight is 387 g/mol. The lowest BCUT2D eigenvalue weighted by atomic mass is 10.1. The SMILES string of the molecule is CSCC[C@@H](NCc1cnn(Cc2ccc(C(F)(F)F)cc2)c1)C(=O)O. The predicted octanol–water partition coefficient (Wildman–Crippen LogP) is 3.25. The van der Waals surface area contributed by atoms with Gasteiger partial charge < -0.3 is 10.4 Å². The van der Waals surface area contributed by atoms with E-state index in [2.05, 4.69) is 10.4 Å². The van der Waals surface area contributed by atoms with Gasteiger partial charge in [0.2, 0.25) is 0 Å².